The minimum absolute atomic E-state index is 0.0441. The highest BCUT2D eigenvalue weighted by atomic mass is 79.9. The number of aryl methyl sites for hydroxylation is 1. The van der Waals surface area contributed by atoms with Crippen LogP contribution in [0.1, 0.15) is 23.0 Å². The number of carbonyl (C=O) groups excluding carboxylic acids is 2. The number of nitrogens with one attached hydrogen (secondary N) is 1. The molecule has 2 aromatic rings. The van der Waals surface area contributed by atoms with E-state index in [9.17, 15) is 9.59 Å². The second-order valence-electron chi connectivity index (χ2n) is 4.28. The van der Waals surface area contributed by atoms with Gasteiger partial charge in [0, 0.05) is 5.69 Å². The molecule has 1 aromatic heterocycles. The van der Waals surface area contributed by atoms with Crippen molar-refractivity contribution in [3.8, 4) is 0 Å². The Labute approximate surface area is 130 Å². The van der Waals surface area contributed by atoms with Gasteiger partial charge in [-0.1, -0.05) is 19.1 Å². The van der Waals surface area contributed by atoms with Crippen LogP contribution in [0.25, 0.3) is 0 Å². The maximum atomic E-state index is 11.7. The first-order valence-electron chi connectivity index (χ1n) is 6.39. The molecule has 1 heterocycles. The number of carbonyl (C=O) groups is 2. The molecule has 1 aromatic carbocycles. The van der Waals surface area contributed by atoms with Crippen molar-refractivity contribution < 1.29 is 18.7 Å². The molecular formula is C15H14BrNO4. The Hall–Kier alpha value is -2.08. The molecule has 0 aliphatic heterocycles. The fourth-order valence-electron chi connectivity index (χ4n) is 1.69. The van der Waals surface area contributed by atoms with Gasteiger partial charge in [0.05, 0.1) is 0 Å². The number of rotatable bonds is 5. The molecule has 0 saturated carbocycles. The molecule has 2 rings (SSSR count). The normalized spacial score (nSPS) is 10.2. The lowest BCUT2D eigenvalue weighted by molar-refractivity contribution is -0.119. The summed E-state index contributed by atoms with van der Waals surface area (Å²) >= 11 is 3.08. The molecule has 0 saturated heterocycles. The van der Waals surface area contributed by atoms with Gasteiger partial charge in [0.15, 0.2) is 11.3 Å². The van der Waals surface area contributed by atoms with Crippen molar-refractivity contribution >= 4 is 33.5 Å². The number of ether oxygens (including phenoxy) is 1. The molecule has 1 amide bonds. The van der Waals surface area contributed by atoms with Crippen LogP contribution in [0.3, 0.4) is 0 Å². The first-order chi connectivity index (χ1) is 10.1. The smallest absolute Gasteiger partial charge is 0.374 e. The van der Waals surface area contributed by atoms with Gasteiger partial charge in [0.1, 0.15) is 0 Å². The van der Waals surface area contributed by atoms with Crippen LogP contribution in [0.5, 0.6) is 0 Å². The summed E-state index contributed by atoms with van der Waals surface area (Å²) in [7, 11) is 0. The second-order valence-corrected chi connectivity index (χ2v) is 5.06. The number of halogens is 1. The molecule has 0 aliphatic carbocycles. The zero-order chi connectivity index (χ0) is 15.2. The van der Waals surface area contributed by atoms with E-state index in [4.69, 9.17) is 9.15 Å². The monoisotopic (exact) mass is 351 g/mol. The highest BCUT2D eigenvalue weighted by Gasteiger charge is 2.14. The standard InChI is InChI=1S/C15H14BrNO4/c1-2-10-4-3-5-11(8-10)17-14(18)9-20-15(19)12-6-7-13(16)21-12/h3-8H,2,9H2,1H3,(H,17,18). The lowest BCUT2D eigenvalue weighted by atomic mass is 10.1. The molecule has 1 N–H and O–H groups in total. The van der Waals surface area contributed by atoms with E-state index in [1.807, 2.05) is 25.1 Å². The Morgan fingerprint density at radius 2 is 2.10 bits per heavy atom. The van der Waals surface area contributed by atoms with Crippen molar-refractivity contribution in [1.29, 1.82) is 0 Å². The molecule has 21 heavy (non-hydrogen) atoms. The molecule has 0 aliphatic rings. The zero-order valence-electron chi connectivity index (χ0n) is 11.4. The SMILES string of the molecule is CCc1cccc(NC(=O)COC(=O)c2ccc(Br)o2)c1. The van der Waals surface area contributed by atoms with Crippen LogP contribution in [0, 0.1) is 0 Å². The maximum absolute atomic E-state index is 11.7. The minimum Gasteiger partial charge on any atom is -0.450 e. The van der Waals surface area contributed by atoms with Gasteiger partial charge in [-0.15, -0.1) is 0 Å². The Morgan fingerprint density at radius 3 is 2.76 bits per heavy atom. The van der Waals surface area contributed by atoms with Crippen molar-refractivity contribution in [1.82, 2.24) is 0 Å². The van der Waals surface area contributed by atoms with Crippen LogP contribution >= 0.6 is 15.9 Å². The second kappa shape index (κ2) is 7.08. The molecule has 110 valence electrons. The minimum atomic E-state index is -0.682. The quantitative estimate of drug-likeness (QED) is 0.838. The predicted molar refractivity (Wildman–Crippen MR) is 81.1 cm³/mol. The van der Waals surface area contributed by atoms with Gasteiger partial charge < -0.3 is 14.5 Å². The summed E-state index contributed by atoms with van der Waals surface area (Å²) in [6.07, 6.45) is 0.881. The molecule has 0 atom stereocenters. The average molecular weight is 352 g/mol. The number of hydrogen-bond donors (Lipinski definition) is 1. The summed E-state index contributed by atoms with van der Waals surface area (Å²) in [5.41, 5.74) is 1.79. The Morgan fingerprint density at radius 1 is 1.29 bits per heavy atom. The van der Waals surface area contributed by atoms with Crippen molar-refractivity contribution in [3.63, 3.8) is 0 Å². The summed E-state index contributed by atoms with van der Waals surface area (Å²) in [5.74, 6) is -1.04. The fourth-order valence-corrected chi connectivity index (χ4v) is 2.00. The van der Waals surface area contributed by atoms with Crippen LogP contribution in [-0.2, 0) is 16.0 Å². The van der Waals surface area contributed by atoms with Gasteiger partial charge in [0.2, 0.25) is 5.76 Å². The number of hydrogen-bond acceptors (Lipinski definition) is 4. The van der Waals surface area contributed by atoms with Gasteiger partial charge >= 0.3 is 5.97 Å². The van der Waals surface area contributed by atoms with Crippen LogP contribution in [0.15, 0.2) is 45.5 Å². The van der Waals surface area contributed by atoms with Crippen LogP contribution in [0.4, 0.5) is 5.69 Å². The fraction of sp³-hybridized carbons (Fsp3) is 0.200. The van der Waals surface area contributed by atoms with E-state index in [1.165, 1.54) is 6.07 Å². The van der Waals surface area contributed by atoms with Gasteiger partial charge in [-0.3, -0.25) is 4.79 Å². The molecular weight excluding hydrogens is 338 g/mol. The highest BCUT2D eigenvalue weighted by Crippen LogP contribution is 2.15. The summed E-state index contributed by atoms with van der Waals surface area (Å²) in [6.45, 7) is 1.66. The largest absolute Gasteiger partial charge is 0.450 e. The highest BCUT2D eigenvalue weighted by molar-refractivity contribution is 9.10. The molecule has 0 fully saturated rings. The van der Waals surface area contributed by atoms with E-state index in [2.05, 4.69) is 21.2 Å². The lowest BCUT2D eigenvalue weighted by Gasteiger charge is -2.07. The Balaban J connectivity index is 1.85. The van der Waals surface area contributed by atoms with Crippen molar-refractivity contribution in [2.75, 3.05) is 11.9 Å². The zero-order valence-corrected chi connectivity index (χ0v) is 13.0. The maximum Gasteiger partial charge on any atom is 0.374 e. The van der Waals surface area contributed by atoms with E-state index in [0.29, 0.717) is 10.4 Å². The third-order valence-corrected chi connectivity index (χ3v) is 3.15. The first-order valence-corrected chi connectivity index (χ1v) is 7.19. The average Bonchev–Trinajstić information content (AvgIpc) is 2.91. The molecule has 0 spiro atoms. The van der Waals surface area contributed by atoms with Gasteiger partial charge in [0.25, 0.3) is 5.91 Å². The lowest BCUT2D eigenvalue weighted by Crippen LogP contribution is -2.20. The summed E-state index contributed by atoms with van der Waals surface area (Å²) in [5, 5.41) is 2.67. The van der Waals surface area contributed by atoms with E-state index in [0.717, 1.165) is 12.0 Å². The number of benzene rings is 1. The molecule has 0 unspecified atom stereocenters. The topological polar surface area (TPSA) is 68.5 Å². The first kappa shape index (κ1) is 15.3. The van der Waals surface area contributed by atoms with Gasteiger partial charge in [-0.05, 0) is 52.2 Å². The Bertz CT molecular complexity index is 651. The van der Waals surface area contributed by atoms with Crippen molar-refractivity contribution in [2.45, 2.75) is 13.3 Å². The van der Waals surface area contributed by atoms with Crippen LogP contribution < -0.4 is 5.32 Å². The molecule has 0 bridgehead atoms. The van der Waals surface area contributed by atoms with E-state index in [-0.39, 0.29) is 12.4 Å². The molecule has 5 nitrogen and oxygen atoms in total. The molecule has 6 heteroatoms. The van der Waals surface area contributed by atoms with Gasteiger partial charge in [-0.2, -0.15) is 0 Å². The summed E-state index contributed by atoms with van der Waals surface area (Å²) < 4.78 is 10.3. The number of furan rings is 1. The Kier molecular flexibility index (Phi) is 5.16. The molecule has 0 radical (unpaired) electrons. The van der Waals surface area contributed by atoms with E-state index >= 15 is 0 Å². The van der Waals surface area contributed by atoms with E-state index < -0.39 is 11.9 Å². The van der Waals surface area contributed by atoms with Gasteiger partial charge in [-0.25, -0.2) is 4.79 Å². The van der Waals surface area contributed by atoms with Crippen molar-refractivity contribution in [2.24, 2.45) is 0 Å². The summed E-state index contributed by atoms with van der Waals surface area (Å²) in [4.78, 5) is 23.3. The summed E-state index contributed by atoms with van der Waals surface area (Å²) in [6, 6.07) is 10.5. The third-order valence-electron chi connectivity index (χ3n) is 2.73. The number of esters is 1. The third kappa shape index (κ3) is 4.46. The van der Waals surface area contributed by atoms with E-state index in [1.54, 1.807) is 12.1 Å². The van der Waals surface area contributed by atoms with Crippen LogP contribution in [0.2, 0.25) is 0 Å². The van der Waals surface area contributed by atoms with Crippen molar-refractivity contribution in [3.05, 3.63) is 52.4 Å². The van der Waals surface area contributed by atoms with Crippen LogP contribution in [-0.4, -0.2) is 18.5 Å². The number of anilines is 1. The predicted octanol–water partition coefficient (Wildman–Crippen LogP) is 3.40. The number of amides is 1.